The van der Waals surface area contributed by atoms with Gasteiger partial charge in [-0.1, -0.05) is 47.5 Å². The number of halogens is 5. The number of nitrogens with zero attached hydrogens (tertiary/aromatic N) is 2. The largest absolute Gasteiger partial charge is 0.418 e. The van der Waals surface area contributed by atoms with Gasteiger partial charge >= 0.3 is 6.18 Å². The first-order chi connectivity index (χ1) is 12.8. The number of rotatable bonds is 2. The molecule has 8 heteroatoms. The van der Waals surface area contributed by atoms with Crippen molar-refractivity contribution in [1.82, 2.24) is 15.0 Å². The second-order valence-corrected chi connectivity index (χ2v) is 6.66. The summed E-state index contributed by atoms with van der Waals surface area (Å²) in [5.74, 6) is 0.562. The number of nitrogens with one attached hydrogen (secondary N) is 1. The first kappa shape index (κ1) is 17.8. The lowest BCUT2D eigenvalue weighted by molar-refractivity contribution is -0.137. The molecule has 136 valence electrons. The topological polar surface area (TPSA) is 41.6 Å². The summed E-state index contributed by atoms with van der Waals surface area (Å²) in [6, 6.07) is 12.1. The van der Waals surface area contributed by atoms with Crippen LogP contribution in [0.3, 0.4) is 0 Å². The van der Waals surface area contributed by atoms with E-state index in [-0.39, 0.29) is 5.69 Å². The van der Waals surface area contributed by atoms with Crippen molar-refractivity contribution in [3.05, 3.63) is 70.3 Å². The van der Waals surface area contributed by atoms with Gasteiger partial charge in [-0.25, -0.2) is 4.98 Å². The van der Waals surface area contributed by atoms with Crippen molar-refractivity contribution < 1.29 is 13.2 Å². The molecule has 0 aliphatic carbocycles. The number of alkyl halides is 3. The van der Waals surface area contributed by atoms with Crippen LogP contribution in [0.15, 0.2) is 54.7 Å². The molecule has 2 heterocycles. The number of benzene rings is 2. The van der Waals surface area contributed by atoms with Gasteiger partial charge in [-0.15, -0.1) is 0 Å². The van der Waals surface area contributed by atoms with Crippen LogP contribution in [0.5, 0.6) is 0 Å². The maximum atomic E-state index is 13.2. The number of aromatic nitrogens is 3. The standard InChI is InChI=1S/C19H10Cl2F3N3/c20-13-8-15-16(9-14(13)21)27-18(26-15)11-5-3-10(4-6-11)17-12(19(22,23)24)2-1-7-25-17/h1-9H,(H,26,27). The zero-order chi connectivity index (χ0) is 19.2. The van der Waals surface area contributed by atoms with Crippen molar-refractivity contribution in [2.24, 2.45) is 0 Å². The Morgan fingerprint density at radius 1 is 0.889 bits per heavy atom. The number of imidazole rings is 1. The molecule has 0 radical (unpaired) electrons. The molecule has 0 bridgehead atoms. The zero-order valence-corrected chi connectivity index (χ0v) is 15.0. The number of pyridine rings is 1. The number of hydrogen-bond acceptors (Lipinski definition) is 2. The van der Waals surface area contributed by atoms with Crippen LogP contribution in [0.4, 0.5) is 13.2 Å². The second-order valence-electron chi connectivity index (χ2n) is 5.84. The average Bonchev–Trinajstić information content (AvgIpc) is 3.04. The molecule has 0 spiro atoms. The SMILES string of the molecule is FC(F)(F)c1cccnc1-c1ccc(-c2nc3cc(Cl)c(Cl)cc3[nH]2)cc1. The van der Waals surface area contributed by atoms with Gasteiger partial charge in [0.2, 0.25) is 0 Å². The highest BCUT2D eigenvalue weighted by atomic mass is 35.5. The molecule has 4 aromatic rings. The van der Waals surface area contributed by atoms with E-state index in [1.54, 1.807) is 36.4 Å². The fourth-order valence-corrected chi connectivity index (χ4v) is 3.11. The Morgan fingerprint density at radius 2 is 1.56 bits per heavy atom. The molecule has 2 aromatic carbocycles. The van der Waals surface area contributed by atoms with Crippen LogP contribution in [-0.2, 0) is 6.18 Å². The molecule has 0 aliphatic heterocycles. The maximum Gasteiger partial charge on any atom is 0.418 e. The van der Waals surface area contributed by atoms with Gasteiger partial charge in [-0.2, -0.15) is 13.2 Å². The lowest BCUT2D eigenvalue weighted by Gasteiger charge is -2.11. The fourth-order valence-electron chi connectivity index (χ4n) is 2.79. The highest BCUT2D eigenvalue weighted by Crippen LogP contribution is 2.36. The Morgan fingerprint density at radius 3 is 2.26 bits per heavy atom. The number of H-pyrrole nitrogens is 1. The van der Waals surface area contributed by atoms with Gasteiger partial charge in [0.15, 0.2) is 0 Å². The van der Waals surface area contributed by atoms with Crippen molar-refractivity contribution in [3.8, 4) is 22.6 Å². The summed E-state index contributed by atoms with van der Waals surface area (Å²) in [4.78, 5) is 11.5. The molecule has 4 rings (SSSR count). The third-order valence-electron chi connectivity index (χ3n) is 4.07. The van der Waals surface area contributed by atoms with Crippen molar-refractivity contribution in [2.45, 2.75) is 6.18 Å². The molecular formula is C19H10Cl2F3N3. The highest BCUT2D eigenvalue weighted by molar-refractivity contribution is 6.42. The fraction of sp³-hybridized carbons (Fsp3) is 0.0526. The van der Waals surface area contributed by atoms with E-state index in [4.69, 9.17) is 23.2 Å². The van der Waals surface area contributed by atoms with E-state index < -0.39 is 11.7 Å². The summed E-state index contributed by atoms with van der Waals surface area (Å²) >= 11 is 12.0. The van der Waals surface area contributed by atoms with Crippen LogP contribution in [0.2, 0.25) is 10.0 Å². The Bertz CT molecular complexity index is 1100. The van der Waals surface area contributed by atoms with Crippen molar-refractivity contribution in [2.75, 3.05) is 0 Å². The Hall–Kier alpha value is -2.57. The third-order valence-corrected chi connectivity index (χ3v) is 4.79. The molecular weight excluding hydrogens is 398 g/mol. The predicted molar refractivity (Wildman–Crippen MR) is 99.8 cm³/mol. The van der Waals surface area contributed by atoms with Gasteiger partial charge in [0.25, 0.3) is 0 Å². The minimum Gasteiger partial charge on any atom is -0.338 e. The lowest BCUT2D eigenvalue weighted by Crippen LogP contribution is -2.08. The summed E-state index contributed by atoms with van der Waals surface area (Å²) in [6.45, 7) is 0. The molecule has 1 N–H and O–H groups in total. The van der Waals surface area contributed by atoms with Crippen LogP contribution in [0, 0.1) is 0 Å². The van der Waals surface area contributed by atoms with Gasteiger partial charge in [0, 0.05) is 17.3 Å². The number of fused-ring (bicyclic) bond motifs is 1. The molecule has 0 aliphatic rings. The molecule has 0 amide bonds. The van der Waals surface area contributed by atoms with E-state index in [1.807, 2.05) is 0 Å². The van der Waals surface area contributed by atoms with E-state index in [0.29, 0.717) is 38.0 Å². The summed E-state index contributed by atoms with van der Waals surface area (Å²) in [5.41, 5.74) is 1.56. The van der Waals surface area contributed by atoms with E-state index in [9.17, 15) is 13.2 Å². The Balaban J connectivity index is 1.74. The van der Waals surface area contributed by atoms with Crippen LogP contribution in [-0.4, -0.2) is 15.0 Å². The minimum absolute atomic E-state index is 0.111. The van der Waals surface area contributed by atoms with Gasteiger partial charge < -0.3 is 4.98 Å². The predicted octanol–water partition coefficient (Wildman–Crippen LogP) is 6.62. The van der Waals surface area contributed by atoms with Crippen LogP contribution in [0.1, 0.15) is 5.56 Å². The number of aromatic amines is 1. The minimum atomic E-state index is -4.47. The van der Waals surface area contributed by atoms with Gasteiger partial charge in [-0.05, 0) is 24.3 Å². The van der Waals surface area contributed by atoms with Crippen LogP contribution >= 0.6 is 23.2 Å². The summed E-state index contributed by atoms with van der Waals surface area (Å²) < 4.78 is 39.6. The number of hydrogen-bond donors (Lipinski definition) is 1. The van der Waals surface area contributed by atoms with E-state index in [2.05, 4.69) is 15.0 Å². The van der Waals surface area contributed by atoms with Crippen LogP contribution < -0.4 is 0 Å². The van der Waals surface area contributed by atoms with Crippen molar-refractivity contribution >= 4 is 34.2 Å². The molecule has 0 saturated heterocycles. The van der Waals surface area contributed by atoms with E-state index in [0.717, 1.165) is 6.07 Å². The highest BCUT2D eigenvalue weighted by Gasteiger charge is 2.34. The van der Waals surface area contributed by atoms with Crippen molar-refractivity contribution in [1.29, 1.82) is 0 Å². The monoisotopic (exact) mass is 407 g/mol. The summed E-state index contributed by atoms with van der Waals surface area (Å²) in [5, 5.41) is 0.803. The zero-order valence-electron chi connectivity index (χ0n) is 13.5. The Labute approximate surface area is 161 Å². The second kappa shape index (κ2) is 6.55. The molecule has 2 aromatic heterocycles. The van der Waals surface area contributed by atoms with Crippen molar-refractivity contribution in [3.63, 3.8) is 0 Å². The molecule has 3 nitrogen and oxygen atoms in total. The summed E-state index contributed by atoms with van der Waals surface area (Å²) in [6.07, 6.45) is -3.13. The molecule has 0 saturated carbocycles. The van der Waals surface area contributed by atoms with Crippen LogP contribution in [0.25, 0.3) is 33.7 Å². The molecule has 0 unspecified atom stereocenters. The van der Waals surface area contributed by atoms with E-state index >= 15 is 0 Å². The normalized spacial score (nSPS) is 11.9. The van der Waals surface area contributed by atoms with Gasteiger partial charge in [0.05, 0.1) is 32.3 Å². The molecule has 0 fully saturated rings. The lowest BCUT2D eigenvalue weighted by atomic mass is 10.0. The first-order valence-electron chi connectivity index (χ1n) is 7.81. The smallest absolute Gasteiger partial charge is 0.338 e. The molecule has 0 atom stereocenters. The third kappa shape index (κ3) is 3.38. The summed E-state index contributed by atoms with van der Waals surface area (Å²) in [7, 11) is 0. The maximum absolute atomic E-state index is 13.2. The van der Waals surface area contributed by atoms with Gasteiger partial charge in [0.1, 0.15) is 5.82 Å². The van der Waals surface area contributed by atoms with E-state index in [1.165, 1.54) is 12.3 Å². The average molecular weight is 408 g/mol. The quantitative estimate of drug-likeness (QED) is 0.405. The first-order valence-corrected chi connectivity index (χ1v) is 8.56. The Kier molecular flexibility index (Phi) is 4.32. The molecule has 27 heavy (non-hydrogen) atoms. The van der Waals surface area contributed by atoms with Gasteiger partial charge in [-0.3, -0.25) is 4.98 Å².